The highest BCUT2D eigenvalue weighted by molar-refractivity contribution is 4.72. The Morgan fingerprint density at radius 2 is 2.14 bits per heavy atom. The molecular weight excluding hydrogens is 176 g/mol. The maximum atomic E-state index is 5.31. The van der Waals surface area contributed by atoms with E-state index in [1.54, 1.807) is 0 Å². The van der Waals surface area contributed by atoms with Crippen LogP contribution in [0.25, 0.3) is 0 Å². The first-order valence-electron chi connectivity index (χ1n) is 5.98. The van der Waals surface area contributed by atoms with Gasteiger partial charge in [0.2, 0.25) is 0 Å². The molecule has 1 atom stereocenters. The minimum absolute atomic E-state index is 0.633. The van der Waals surface area contributed by atoms with Gasteiger partial charge in [0.05, 0.1) is 6.61 Å². The molecule has 0 saturated carbocycles. The SMILES string of the molecule is C1CCN(CCCNC2CCOC2)C1. The molecule has 2 saturated heterocycles. The first-order valence-corrected chi connectivity index (χ1v) is 5.98. The molecule has 0 radical (unpaired) electrons. The van der Waals surface area contributed by atoms with Crippen LogP contribution in [0.2, 0.25) is 0 Å². The summed E-state index contributed by atoms with van der Waals surface area (Å²) in [4.78, 5) is 2.58. The van der Waals surface area contributed by atoms with Gasteiger partial charge in [-0.25, -0.2) is 0 Å². The Balaban J connectivity index is 1.46. The van der Waals surface area contributed by atoms with Crippen LogP contribution in [0.4, 0.5) is 0 Å². The van der Waals surface area contributed by atoms with Gasteiger partial charge in [0, 0.05) is 12.6 Å². The summed E-state index contributed by atoms with van der Waals surface area (Å²) in [6, 6.07) is 0.633. The smallest absolute Gasteiger partial charge is 0.0620 e. The first kappa shape index (κ1) is 10.4. The van der Waals surface area contributed by atoms with Crippen molar-refractivity contribution in [2.24, 2.45) is 0 Å². The summed E-state index contributed by atoms with van der Waals surface area (Å²) in [5.74, 6) is 0. The van der Waals surface area contributed by atoms with Crippen LogP contribution in [0.15, 0.2) is 0 Å². The molecule has 0 aromatic heterocycles. The standard InChI is InChI=1S/C11H22N2O/c1-2-7-13(6-1)8-3-5-12-11-4-9-14-10-11/h11-12H,1-10H2. The topological polar surface area (TPSA) is 24.5 Å². The average Bonchev–Trinajstić information content (AvgIpc) is 2.86. The van der Waals surface area contributed by atoms with Gasteiger partial charge >= 0.3 is 0 Å². The Bertz CT molecular complexity index is 133. The molecule has 0 aromatic rings. The third kappa shape index (κ3) is 3.23. The van der Waals surface area contributed by atoms with Gasteiger partial charge in [-0.1, -0.05) is 0 Å². The highest BCUT2D eigenvalue weighted by Crippen LogP contribution is 2.07. The summed E-state index contributed by atoms with van der Waals surface area (Å²) in [6.07, 6.45) is 5.30. The van der Waals surface area contributed by atoms with Crippen molar-refractivity contribution < 1.29 is 4.74 Å². The number of hydrogen-bond donors (Lipinski definition) is 1. The fourth-order valence-corrected chi connectivity index (χ4v) is 2.31. The van der Waals surface area contributed by atoms with Gasteiger partial charge in [0.1, 0.15) is 0 Å². The van der Waals surface area contributed by atoms with E-state index in [1.165, 1.54) is 45.3 Å². The number of ether oxygens (including phenoxy) is 1. The fraction of sp³-hybridized carbons (Fsp3) is 1.00. The van der Waals surface area contributed by atoms with E-state index in [4.69, 9.17) is 4.74 Å². The highest BCUT2D eigenvalue weighted by Gasteiger charge is 2.14. The van der Waals surface area contributed by atoms with Crippen LogP contribution < -0.4 is 5.32 Å². The van der Waals surface area contributed by atoms with E-state index >= 15 is 0 Å². The summed E-state index contributed by atoms with van der Waals surface area (Å²) in [5, 5.41) is 3.55. The molecule has 3 nitrogen and oxygen atoms in total. The lowest BCUT2D eigenvalue weighted by atomic mass is 10.2. The van der Waals surface area contributed by atoms with Crippen molar-refractivity contribution in [2.45, 2.75) is 31.7 Å². The van der Waals surface area contributed by atoms with Gasteiger partial charge < -0.3 is 15.0 Å². The molecule has 0 amide bonds. The Labute approximate surface area is 86.8 Å². The Morgan fingerprint density at radius 1 is 1.29 bits per heavy atom. The zero-order valence-corrected chi connectivity index (χ0v) is 9.00. The van der Waals surface area contributed by atoms with Crippen molar-refractivity contribution in [1.82, 2.24) is 10.2 Å². The molecule has 0 aromatic carbocycles. The molecule has 2 heterocycles. The fourth-order valence-electron chi connectivity index (χ4n) is 2.31. The summed E-state index contributed by atoms with van der Waals surface area (Å²) in [6.45, 7) is 6.96. The lowest BCUT2D eigenvalue weighted by Gasteiger charge is -2.15. The predicted molar refractivity (Wildman–Crippen MR) is 57.5 cm³/mol. The molecule has 0 aliphatic carbocycles. The molecule has 3 heteroatoms. The lowest BCUT2D eigenvalue weighted by Crippen LogP contribution is -2.32. The maximum absolute atomic E-state index is 5.31. The Morgan fingerprint density at radius 3 is 2.86 bits per heavy atom. The largest absolute Gasteiger partial charge is 0.380 e. The minimum atomic E-state index is 0.633. The van der Waals surface area contributed by atoms with Crippen LogP contribution in [0.1, 0.15) is 25.7 Å². The van der Waals surface area contributed by atoms with Gasteiger partial charge in [-0.05, 0) is 51.9 Å². The predicted octanol–water partition coefficient (Wildman–Crippen LogP) is 0.851. The summed E-state index contributed by atoms with van der Waals surface area (Å²) in [7, 11) is 0. The molecule has 2 aliphatic heterocycles. The van der Waals surface area contributed by atoms with Crippen molar-refractivity contribution in [3.05, 3.63) is 0 Å². The van der Waals surface area contributed by atoms with Gasteiger partial charge in [0.25, 0.3) is 0 Å². The van der Waals surface area contributed by atoms with Crippen LogP contribution in [0.5, 0.6) is 0 Å². The lowest BCUT2D eigenvalue weighted by molar-refractivity contribution is 0.189. The maximum Gasteiger partial charge on any atom is 0.0620 e. The second-order valence-corrected chi connectivity index (χ2v) is 4.42. The van der Waals surface area contributed by atoms with Crippen molar-refractivity contribution in [3.8, 4) is 0 Å². The Kier molecular flexibility index (Phi) is 4.22. The molecule has 1 N–H and O–H groups in total. The molecule has 2 aliphatic rings. The molecule has 2 fully saturated rings. The third-order valence-electron chi connectivity index (χ3n) is 3.21. The Hall–Kier alpha value is -0.120. The molecule has 82 valence electrons. The van der Waals surface area contributed by atoms with E-state index in [0.717, 1.165) is 19.8 Å². The number of hydrogen-bond acceptors (Lipinski definition) is 3. The van der Waals surface area contributed by atoms with Gasteiger partial charge in [-0.15, -0.1) is 0 Å². The van der Waals surface area contributed by atoms with Crippen molar-refractivity contribution in [3.63, 3.8) is 0 Å². The number of rotatable bonds is 5. The van der Waals surface area contributed by atoms with Crippen LogP contribution in [0.3, 0.4) is 0 Å². The molecule has 0 spiro atoms. The van der Waals surface area contributed by atoms with E-state index in [0.29, 0.717) is 6.04 Å². The van der Waals surface area contributed by atoms with E-state index in [9.17, 15) is 0 Å². The van der Waals surface area contributed by atoms with Crippen LogP contribution in [-0.2, 0) is 4.74 Å². The van der Waals surface area contributed by atoms with Gasteiger partial charge in [-0.3, -0.25) is 0 Å². The van der Waals surface area contributed by atoms with Crippen molar-refractivity contribution in [1.29, 1.82) is 0 Å². The first-order chi connectivity index (χ1) is 6.95. The van der Waals surface area contributed by atoms with E-state index in [1.807, 2.05) is 0 Å². The third-order valence-corrected chi connectivity index (χ3v) is 3.21. The van der Waals surface area contributed by atoms with Crippen molar-refractivity contribution in [2.75, 3.05) is 39.4 Å². The highest BCUT2D eigenvalue weighted by atomic mass is 16.5. The van der Waals surface area contributed by atoms with E-state index in [2.05, 4.69) is 10.2 Å². The molecule has 1 unspecified atom stereocenters. The van der Waals surface area contributed by atoms with Crippen LogP contribution in [-0.4, -0.2) is 50.3 Å². The van der Waals surface area contributed by atoms with Crippen LogP contribution in [0, 0.1) is 0 Å². The number of nitrogens with one attached hydrogen (secondary N) is 1. The zero-order chi connectivity index (χ0) is 9.64. The minimum Gasteiger partial charge on any atom is -0.380 e. The molecule has 0 bridgehead atoms. The number of likely N-dealkylation sites (tertiary alicyclic amines) is 1. The van der Waals surface area contributed by atoms with Crippen LogP contribution >= 0.6 is 0 Å². The molecule has 14 heavy (non-hydrogen) atoms. The second kappa shape index (κ2) is 5.69. The quantitative estimate of drug-likeness (QED) is 0.663. The van der Waals surface area contributed by atoms with Crippen molar-refractivity contribution >= 4 is 0 Å². The summed E-state index contributed by atoms with van der Waals surface area (Å²) < 4.78 is 5.31. The van der Waals surface area contributed by atoms with E-state index < -0.39 is 0 Å². The van der Waals surface area contributed by atoms with Gasteiger partial charge in [-0.2, -0.15) is 0 Å². The van der Waals surface area contributed by atoms with E-state index in [-0.39, 0.29) is 0 Å². The second-order valence-electron chi connectivity index (χ2n) is 4.42. The molecular formula is C11H22N2O. The summed E-state index contributed by atoms with van der Waals surface area (Å²) in [5.41, 5.74) is 0. The monoisotopic (exact) mass is 198 g/mol. The average molecular weight is 198 g/mol. The number of nitrogens with zero attached hydrogens (tertiary/aromatic N) is 1. The summed E-state index contributed by atoms with van der Waals surface area (Å²) >= 11 is 0. The van der Waals surface area contributed by atoms with Gasteiger partial charge in [0.15, 0.2) is 0 Å². The molecule has 2 rings (SSSR count). The zero-order valence-electron chi connectivity index (χ0n) is 9.00. The normalized spacial score (nSPS) is 28.7.